The summed E-state index contributed by atoms with van der Waals surface area (Å²) in [6, 6.07) is 15.7. The molecule has 0 spiro atoms. The Morgan fingerprint density at radius 1 is 0.941 bits per heavy atom. The van der Waals surface area contributed by atoms with E-state index in [4.69, 9.17) is 33.2 Å². The lowest BCUT2D eigenvalue weighted by Crippen LogP contribution is -2.80. The highest BCUT2D eigenvalue weighted by Gasteiger charge is 2.81. The van der Waals surface area contributed by atoms with Crippen molar-refractivity contribution in [1.82, 2.24) is 0 Å². The molecule has 2 N–H and O–H groups in total. The number of rotatable bonds is 7. The Labute approximate surface area is 296 Å². The van der Waals surface area contributed by atoms with E-state index < -0.39 is 88.8 Å². The quantitative estimate of drug-likeness (QED) is 0.241. The number of carbonyl (C=O) groups excluding carboxylic acids is 3. The molecule has 5 aliphatic rings. The summed E-state index contributed by atoms with van der Waals surface area (Å²) in [5.41, 5.74) is -4.09. The van der Waals surface area contributed by atoms with Crippen LogP contribution in [0.1, 0.15) is 76.6 Å². The van der Waals surface area contributed by atoms with Crippen LogP contribution in [-0.4, -0.2) is 89.7 Å². The third-order valence-corrected chi connectivity index (χ3v) is 12.2. The molecule has 0 amide bonds. The SMILES string of the molecule is COc1ccc(C2O[C@H]3C[C@H]4OC[C@@]4(OC(C)=O)[C@H]4[C@H](OC(=O)c5ccccc5)[C@]5(C(C)(C)O)C[C@H](O)C(C)=C5[C@@H](OC(C)=O)[C@H](O2)[C@]34C)cc1. The number of hydrogen-bond donors (Lipinski definition) is 2. The van der Waals surface area contributed by atoms with Crippen molar-refractivity contribution in [2.75, 3.05) is 13.7 Å². The lowest BCUT2D eigenvalue weighted by Gasteiger charge is -2.67. The average Bonchev–Trinajstić information content (AvgIpc) is 3.31. The molecule has 2 heterocycles. The van der Waals surface area contributed by atoms with Gasteiger partial charge in [0.25, 0.3) is 0 Å². The zero-order chi connectivity index (χ0) is 36.7. The van der Waals surface area contributed by atoms with Gasteiger partial charge in [-0.3, -0.25) is 9.59 Å². The average molecular weight is 707 g/mol. The van der Waals surface area contributed by atoms with Crippen LogP contribution < -0.4 is 4.74 Å². The molecular formula is C39H46O12. The fourth-order valence-electron chi connectivity index (χ4n) is 9.88. The summed E-state index contributed by atoms with van der Waals surface area (Å²) in [5.74, 6) is -2.19. The molecular weight excluding hydrogens is 660 g/mol. The van der Waals surface area contributed by atoms with Crippen LogP contribution in [0.2, 0.25) is 0 Å². The predicted molar refractivity (Wildman–Crippen MR) is 179 cm³/mol. The van der Waals surface area contributed by atoms with Crippen LogP contribution in [0, 0.1) is 16.7 Å². The highest BCUT2D eigenvalue weighted by atomic mass is 16.7. The number of aliphatic hydroxyl groups excluding tert-OH is 1. The number of aliphatic hydroxyl groups is 2. The molecule has 274 valence electrons. The molecule has 0 aromatic heterocycles. The summed E-state index contributed by atoms with van der Waals surface area (Å²) in [6.07, 6.45) is -6.71. The monoisotopic (exact) mass is 706 g/mol. The first-order chi connectivity index (χ1) is 24.1. The van der Waals surface area contributed by atoms with Gasteiger partial charge in [-0.15, -0.1) is 0 Å². The van der Waals surface area contributed by atoms with Crippen molar-refractivity contribution < 1.29 is 57.8 Å². The molecule has 2 aromatic carbocycles. The van der Waals surface area contributed by atoms with Gasteiger partial charge in [0.15, 0.2) is 18.0 Å². The summed E-state index contributed by atoms with van der Waals surface area (Å²) in [5, 5.41) is 24.2. The van der Waals surface area contributed by atoms with Crippen LogP contribution >= 0.6 is 0 Å². The van der Waals surface area contributed by atoms with Crippen molar-refractivity contribution in [3.05, 3.63) is 76.9 Å². The summed E-state index contributed by atoms with van der Waals surface area (Å²) < 4.78 is 44.6. The lowest BCUT2D eigenvalue weighted by molar-refractivity contribution is -0.401. The number of fused-ring (bicyclic) bond motifs is 3. The van der Waals surface area contributed by atoms with E-state index in [1.165, 1.54) is 13.8 Å². The smallest absolute Gasteiger partial charge is 0.338 e. The minimum atomic E-state index is -1.72. The number of esters is 3. The van der Waals surface area contributed by atoms with Crippen LogP contribution in [0.15, 0.2) is 65.7 Å². The number of carbonyl (C=O) groups is 3. The number of hydrogen-bond acceptors (Lipinski definition) is 12. The van der Waals surface area contributed by atoms with Gasteiger partial charge in [-0.1, -0.05) is 37.3 Å². The first kappa shape index (κ1) is 35.6. The Kier molecular flexibility index (Phi) is 8.66. The number of ether oxygens (including phenoxy) is 7. The Bertz CT molecular complexity index is 1730. The van der Waals surface area contributed by atoms with Gasteiger partial charge in [-0.2, -0.15) is 0 Å². The Morgan fingerprint density at radius 3 is 2.20 bits per heavy atom. The van der Waals surface area contributed by atoms with Crippen LogP contribution in [0.3, 0.4) is 0 Å². The maximum atomic E-state index is 14.3. The van der Waals surface area contributed by atoms with Gasteiger partial charge >= 0.3 is 17.9 Å². The standard InChI is InChI=1S/C39H46O12/c1-20-26(42)18-38(36(4,5)44)29(20)30(47-21(2)40)32-37(6)27(48-35(50-32)24-13-15-25(45-7)16-14-24)17-28-39(19-46-28,51-22(3)41)31(37)33(38)49-34(43)23-11-9-8-10-12-23/h8-16,26-28,30-33,35,42,44H,17-19H2,1-7H3/t26-,27-,28+,30+,31-,32-,33-,35?,37+,38-,39-/m0/s1. The topological polar surface area (TPSA) is 156 Å². The van der Waals surface area contributed by atoms with E-state index in [9.17, 15) is 24.6 Å². The van der Waals surface area contributed by atoms with E-state index >= 15 is 0 Å². The Morgan fingerprint density at radius 2 is 1.63 bits per heavy atom. The van der Waals surface area contributed by atoms with E-state index in [0.29, 0.717) is 22.5 Å². The number of benzene rings is 2. The third kappa shape index (κ3) is 5.24. The molecule has 1 unspecified atom stereocenters. The molecule has 3 aliphatic carbocycles. The summed E-state index contributed by atoms with van der Waals surface area (Å²) >= 11 is 0. The largest absolute Gasteiger partial charge is 0.497 e. The first-order valence-electron chi connectivity index (χ1n) is 17.4. The fraction of sp³-hybridized carbons (Fsp3) is 0.564. The van der Waals surface area contributed by atoms with Gasteiger partial charge in [0, 0.05) is 31.2 Å². The van der Waals surface area contributed by atoms with Gasteiger partial charge in [0.05, 0.1) is 48.4 Å². The molecule has 2 saturated carbocycles. The Hall–Kier alpha value is -3.81. The van der Waals surface area contributed by atoms with Crippen molar-refractivity contribution in [3.63, 3.8) is 0 Å². The maximum Gasteiger partial charge on any atom is 0.338 e. The van der Waals surface area contributed by atoms with Crippen LogP contribution in [-0.2, 0) is 38.0 Å². The van der Waals surface area contributed by atoms with E-state index in [0.717, 1.165) is 0 Å². The fourth-order valence-corrected chi connectivity index (χ4v) is 9.88. The van der Waals surface area contributed by atoms with Crippen molar-refractivity contribution >= 4 is 17.9 Å². The summed E-state index contributed by atoms with van der Waals surface area (Å²) in [7, 11) is 1.57. The van der Waals surface area contributed by atoms with Crippen molar-refractivity contribution in [2.24, 2.45) is 16.7 Å². The Balaban J connectivity index is 1.53. The molecule has 2 saturated heterocycles. The highest BCUT2D eigenvalue weighted by molar-refractivity contribution is 5.89. The second-order valence-corrected chi connectivity index (χ2v) is 15.3. The van der Waals surface area contributed by atoms with Crippen LogP contribution in [0.4, 0.5) is 0 Å². The first-order valence-corrected chi connectivity index (χ1v) is 17.4. The molecule has 7 rings (SSSR count). The second kappa shape index (κ2) is 12.4. The summed E-state index contributed by atoms with van der Waals surface area (Å²) in [4.78, 5) is 40.5. The van der Waals surface area contributed by atoms with Crippen molar-refractivity contribution in [1.29, 1.82) is 0 Å². The normalized spacial score (nSPS) is 38.2. The van der Waals surface area contributed by atoms with Crippen LogP contribution in [0.5, 0.6) is 5.75 Å². The van der Waals surface area contributed by atoms with Gasteiger partial charge in [-0.05, 0) is 62.6 Å². The van der Waals surface area contributed by atoms with E-state index in [1.807, 2.05) is 19.1 Å². The molecule has 12 heteroatoms. The van der Waals surface area contributed by atoms with Crippen LogP contribution in [0.25, 0.3) is 0 Å². The predicted octanol–water partition coefficient (Wildman–Crippen LogP) is 4.21. The molecule has 4 fully saturated rings. The highest BCUT2D eigenvalue weighted by Crippen LogP contribution is 2.70. The second-order valence-electron chi connectivity index (χ2n) is 15.3. The van der Waals surface area contributed by atoms with Crippen molar-refractivity contribution in [2.45, 2.75) is 108 Å². The molecule has 11 atom stereocenters. The molecule has 0 bridgehead atoms. The minimum Gasteiger partial charge on any atom is -0.497 e. The zero-order valence-electron chi connectivity index (χ0n) is 29.9. The van der Waals surface area contributed by atoms with E-state index in [1.54, 1.807) is 70.3 Å². The van der Waals surface area contributed by atoms with Gasteiger partial charge in [0.2, 0.25) is 0 Å². The summed E-state index contributed by atoms with van der Waals surface area (Å²) in [6.45, 7) is 9.41. The van der Waals surface area contributed by atoms with E-state index in [-0.39, 0.29) is 25.0 Å². The van der Waals surface area contributed by atoms with E-state index in [2.05, 4.69) is 0 Å². The molecule has 2 aliphatic heterocycles. The molecule has 12 nitrogen and oxygen atoms in total. The zero-order valence-corrected chi connectivity index (χ0v) is 29.9. The molecule has 0 radical (unpaired) electrons. The van der Waals surface area contributed by atoms with Gasteiger partial charge in [-0.25, -0.2) is 4.79 Å². The minimum absolute atomic E-state index is 0.0288. The number of methoxy groups -OCH3 is 1. The lowest BCUT2D eigenvalue weighted by atomic mass is 9.49. The molecule has 51 heavy (non-hydrogen) atoms. The van der Waals surface area contributed by atoms with Gasteiger partial charge < -0.3 is 43.4 Å². The van der Waals surface area contributed by atoms with Gasteiger partial charge in [0.1, 0.15) is 24.1 Å². The van der Waals surface area contributed by atoms with Crippen molar-refractivity contribution in [3.8, 4) is 5.75 Å². The third-order valence-electron chi connectivity index (χ3n) is 12.2. The maximum absolute atomic E-state index is 14.3. The molecule has 2 aromatic rings.